The Balaban J connectivity index is 2.21. The Bertz CT molecular complexity index is 671. The van der Waals surface area contributed by atoms with Gasteiger partial charge in [0, 0.05) is 18.7 Å². The average Bonchev–Trinajstić information content (AvgIpc) is 2.96. The maximum absolute atomic E-state index is 12.3. The molecule has 0 radical (unpaired) electrons. The normalized spacial score (nSPS) is 18.7. The zero-order valence-corrected chi connectivity index (χ0v) is 12.3. The van der Waals surface area contributed by atoms with Crippen molar-refractivity contribution >= 4 is 21.9 Å². The Morgan fingerprint density at radius 1 is 1.38 bits per heavy atom. The summed E-state index contributed by atoms with van der Waals surface area (Å²) in [4.78, 5) is 24.6. The second kappa shape index (κ2) is 5.82. The molecule has 1 saturated heterocycles. The summed E-state index contributed by atoms with van der Waals surface area (Å²) in [6, 6.07) is 5.70. The molecule has 0 aliphatic carbocycles. The summed E-state index contributed by atoms with van der Waals surface area (Å²) in [6.45, 7) is 0.510. The van der Waals surface area contributed by atoms with E-state index >= 15 is 0 Å². The lowest BCUT2D eigenvalue weighted by Crippen LogP contribution is -2.30. The minimum atomic E-state index is -3.62. The first kappa shape index (κ1) is 15.5. The van der Waals surface area contributed by atoms with Crippen LogP contribution >= 0.6 is 0 Å². The highest BCUT2D eigenvalue weighted by Crippen LogP contribution is 2.20. The van der Waals surface area contributed by atoms with Crippen LogP contribution in [0.1, 0.15) is 16.8 Å². The minimum Gasteiger partial charge on any atom is -0.481 e. The van der Waals surface area contributed by atoms with E-state index in [9.17, 15) is 18.0 Å². The summed E-state index contributed by atoms with van der Waals surface area (Å²) in [5.41, 5.74) is 0.234. The van der Waals surface area contributed by atoms with Gasteiger partial charge in [0.2, 0.25) is 10.0 Å². The first-order chi connectivity index (χ1) is 9.85. The van der Waals surface area contributed by atoms with Crippen molar-refractivity contribution in [1.29, 1.82) is 0 Å². The average molecular weight is 312 g/mol. The topological polar surface area (TPSA) is 104 Å². The number of hydrogen-bond acceptors (Lipinski definition) is 4. The summed E-state index contributed by atoms with van der Waals surface area (Å²) >= 11 is 0. The lowest BCUT2D eigenvalue weighted by atomic mass is 10.1. The number of nitrogens with one attached hydrogen (secondary N) is 1. The summed E-state index contributed by atoms with van der Waals surface area (Å²) in [5.74, 6) is -1.83. The summed E-state index contributed by atoms with van der Waals surface area (Å²) in [5, 5.41) is 8.94. The number of sulfonamides is 1. The lowest BCUT2D eigenvalue weighted by Gasteiger charge is -2.16. The number of aliphatic carboxylic acids is 1. The third kappa shape index (κ3) is 3.22. The van der Waals surface area contributed by atoms with Gasteiger partial charge in [-0.15, -0.1) is 0 Å². The molecule has 2 N–H and O–H groups in total. The molecule has 1 aliphatic heterocycles. The highest BCUT2D eigenvalue weighted by Gasteiger charge is 2.31. The van der Waals surface area contributed by atoms with Gasteiger partial charge in [-0.3, -0.25) is 9.59 Å². The number of rotatable bonds is 4. The number of amides is 1. The largest absolute Gasteiger partial charge is 0.481 e. The maximum atomic E-state index is 12.3. The van der Waals surface area contributed by atoms with Crippen LogP contribution in [0.2, 0.25) is 0 Å². The molecule has 1 aromatic rings. The van der Waals surface area contributed by atoms with Gasteiger partial charge in [0.25, 0.3) is 5.91 Å². The van der Waals surface area contributed by atoms with Crippen LogP contribution < -0.4 is 4.72 Å². The van der Waals surface area contributed by atoms with E-state index in [1.165, 1.54) is 36.2 Å². The Kier molecular flexibility index (Phi) is 4.29. The Hall–Kier alpha value is -1.93. The Labute approximate surface area is 122 Å². The van der Waals surface area contributed by atoms with Crippen LogP contribution in [-0.4, -0.2) is 50.4 Å². The maximum Gasteiger partial charge on any atom is 0.308 e. The van der Waals surface area contributed by atoms with Gasteiger partial charge in [0.05, 0.1) is 10.8 Å². The highest BCUT2D eigenvalue weighted by molar-refractivity contribution is 7.89. The summed E-state index contributed by atoms with van der Waals surface area (Å²) < 4.78 is 25.6. The van der Waals surface area contributed by atoms with Gasteiger partial charge >= 0.3 is 5.97 Å². The molecule has 1 aromatic carbocycles. The zero-order chi connectivity index (χ0) is 15.6. The van der Waals surface area contributed by atoms with Crippen LogP contribution in [0, 0.1) is 5.92 Å². The fourth-order valence-corrected chi connectivity index (χ4v) is 3.02. The number of benzene rings is 1. The molecule has 0 unspecified atom stereocenters. The van der Waals surface area contributed by atoms with Crippen LogP contribution in [0.5, 0.6) is 0 Å². The molecule has 0 bridgehead atoms. The standard InChI is InChI=1S/C13H16N2O5S/c1-14-21(19,20)11-4-2-3-9(7-11)12(16)15-6-5-10(8-15)13(17)18/h2-4,7,10,14H,5-6,8H2,1H3,(H,17,18)/t10-/m1/s1. The molecule has 1 aliphatic rings. The molecule has 1 amide bonds. The minimum absolute atomic E-state index is 0.00447. The molecular formula is C13H16N2O5S. The van der Waals surface area contributed by atoms with Crippen molar-refractivity contribution in [2.45, 2.75) is 11.3 Å². The van der Waals surface area contributed by atoms with Crippen molar-refractivity contribution < 1.29 is 23.1 Å². The van der Waals surface area contributed by atoms with Crippen LogP contribution in [0.3, 0.4) is 0 Å². The molecule has 114 valence electrons. The summed E-state index contributed by atoms with van der Waals surface area (Å²) in [7, 11) is -2.32. The van der Waals surface area contributed by atoms with Crippen molar-refractivity contribution in [2.24, 2.45) is 5.92 Å². The fourth-order valence-electron chi connectivity index (χ4n) is 2.24. The lowest BCUT2D eigenvalue weighted by molar-refractivity contribution is -0.141. The number of carbonyl (C=O) groups excluding carboxylic acids is 1. The van der Waals surface area contributed by atoms with Gasteiger partial charge in [0.15, 0.2) is 0 Å². The number of carbonyl (C=O) groups is 2. The van der Waals surface area contributed by atoms with Crippen LogP contribution in [0.4, 0.5) is 0 Å². The molecule has 1 atom stereocenters. The molecular weight excluding hydrogens is 296 g/mol. The number of likely N-dealkylation sites (tertiary alicyclic amines) is 1. The smallest absolute Gasteiger partial charge is 0.308 e. The van der Waals surface area contributed by atoms with E-state index in [0.717, 1.165) is 0 Å². The molecule has 2 rings (SSSR count). The van der Waals surface area contributed by atoms with Crippen molar-refractivity contribution in [3.05, 3.63) is 29.8 Å². The van der Waals surface area contributed by atoms with Crippen molar-refractivity contribution in [3.63, 3.8) is 0 Å². The van der Waals surface area contributed by atoms with Crippen molar-refractivity contribution in [2.75, 3.05) is 20.1 Å². The van der Waals surface area contributed by atoms with Gasteiger partial charge < -0.3 is 10.0 Å². The molecule has 21 heavy (non-hydrogen) atoms. The third-order valence-electron chi connectivity index (χ3n) is 3.48. The van der Waals surface area contributed by atoms with E-state index in [1.807, 2.05) is 0 Å². The quantitative estimate of drug-likeness (QED) is 0.823. The predicted octanol–water partition coefficient (Wildman–Crippen LogP) is 0.141. The highest BCUT2D eigenvalue weighted by atomic mass is 32.2. The fraction of sp³-hybridized carbons (Fsp3) is 0.385. The Morgan fingerprint density at radius 2 is 2.10 bits per heavy atom. The molecule has 1 fully saturated rings. The number of nitrogens with zero attached hydrogens (tertiary/aromatic N) is 1. The van der Waals surface area contributed by atoms with E-state index in [1.54, 1.807) is 0 Å². The second-order valence-electron chi connectivity index (χ2n) is 4.81. The SMILES string of the molecule is CNS(=O)(=O)c1cccc(C(=O)N2CC[C@@H](C(=O)O)C2)c1. The Morgan fingerprint density at radius 3 is 2.67 bits per heavy atom. The van der Waals surface area contributed by atoms with Crippen LogP contribution in [0.25, 0.3) is 0 Å². The number of hydrogen-bond donors (Lipinski definition) is 2. The van der Waals surface area contributed by atoms with E-state index in [4.69, 9.17) is 5.11 Å². The summed E-state index contributed by atoms with van der Waals surface area (Å²) in [6.07, 6.45) is 0.412. The first-order valence-corrected chi connectivity index (χ1v) is 7.89. The van der Waals surface area contributed by atoms with E-state index in [2.05, 4.69) is 4.72 Å². The number of carboxylic acid groups (broad SMARTS) is 1. The monoisotopic (exact) mass is 312 g/mol. The van der Waals surface area contributed by atoms with Gasteiger partial charge in [-0.1, -0.05) is 6.07 Å². The molecule has 0 spiro atoms. The van der Waals surface area contributed by atoms with Gasteiger partial charge in [-0.05, 0) is 31.7 Å². The third-order valence-corrected chi connectivity index (χ3v) is 4.90. The molecule has 0 aromatic heterocycles. The molecule has 0 saturated carbocycles. The van der Waals surface area contributed by atoms with Crippen molar-refractivity contribution in [1.82, 2.24) is 9.62 Å². The molecule has 7 nitrogen and oxygen atoms in total. The van der Waals surface area contributed by atoms with Crippen molar-refractivity contribution in [3.8, 4) is 0 Å². The van der Waals surface area contributed by atoms with Gasteiger partial charge in [-0.25, -0.2) is 13.1 Å². The zero-order valence-electron chi connectivity index (χ0n) is 11.4. The van der Waals surface area contributed by atoms with Crippen LogP contribution in [-0.2, 0) is 14.8 Å². The van der Waals surface area contributed by atoms with E-state index in [-0.39, 0.29) is 22.9 Å². The molecule has 1 heterocycles. The van der Waals surface area contributed by atoms with Gasteiger partial charge in [-0.2, -0.15) is 0 Å². The molecule has 8 heteroatoms. The van der Waals surface area contributed by atoms with Crippen LogP contribution in [0.15, 0.2) is 29.2 Å². The predicted molar refractivity (Wildman–Crippen MR) is 74.3 cm³/mol. The first-order valence-electron chi connectivity index (χ1n) is 6.41. The second-order valence-corrected chi connectivity index (χ2v) is 6.70. The van der Waals surface area contributed by atoms with Gasteiger partial charge in [0.1, 0.15) is 0 Å². The van der Waals surface area contributed by atoms with E-state index in [0.29, 0.717) is 13.0 Å². The number of carboxylic acids is 1. The van der Waals surface area contributed by atoms with E-state index < -0.39 is 21.9 Å².